The summed E-state index contributed by atoms with van der Waals surface area (Å²) in [6.07, 6.45) is 0.754. The third-order valence-corrected chi connectivity index (χ3v) is 5.45. The van der Waals surface area contributed by atoms with Gasteiger partial charge in [-0.1, -0.05) is 88.4 Å². The predicted molar refractivity (Wildman–Crippen MR) is 136 cm³/mol. The maximum Gasteiger partial charge on any atom is 0.508 e. The molecular weight excluding hydrogens is 428 g/mol. The van der Waals surface area contributed by atoms with Crippen LogP contribution in [0.3, 0.4) is 0 Å². The fourth-order valence-electron chi connectivity index (χ4n) is 3.65. The summed E-state index contributed by atoms with van der Waals surface area (Å²) in [6.45, 7) is 11.8. The Morgan fingerprint density at radius 1 is 0.618 bits per heavy atom. The molecule has 0 saturated carbocycles. The van der Waals surface area contributed by atoms with E-state index in [2.05, 4.69) is 52.0 Å². The smallest absolute Gasteiger partial charge is 0.434 e. The van der Waals surface area contributed by atoms with E-state index in [9.17, 15) is 4.79 Å². The van der Waals surface area contributed by atoms with Gasteiger partial charge in [-0.3, -0.25) is 0 Å². The van der Waals surface area contributed by atoms with Crippen LogP contribution in [0.1, 0.15) is 63.5 Å². The summed E-state index contributed by atoms with van der Waals surface area (Å²) in [7, 11) is 0. The highest BCUT2D eigenvalue weighted by Gasteiger charge is 2.16. The van der Waals surface area contributed by atoms with Crippen LogP contribution in [0.4, 0.5) is 4.79 Å². The fraction of sp³-hybridized carbons (Fsp3) is 0.552. The van der Waals surface area contributed by atoms with E-state index >= 15 is 0 Å². The molecule has 188 valence electrons. The van der Waals surface area contributed by atoms with Crippen molar-refractivity contribution in [1.82, 2.24) is 0 Å². The van der Waals surface area contributed by atoms with Gasteiger partial charge in [0.25, 0.3) is 0 Å². The van der Waals surface area contributed by atoms with Crippen molar-refractivity contribution in [2.45, 2.75) is 52.4 Å². The minimum Gasteiger partial charge on any atom is -0.434 e. The summed E-state index contributed by atoms with van der Waals surface area (Å²) in [6, 6.07) is 20.4. The van der Waals surface area contributed by atoms with Crippen LogP contribution in [-0.4, -0.2) is 45.8 Å². The number of benzene rings is 2. The third kappa shape index (κ3) is 11.7. The first-order chi connectivity index (χ1) is 16.5. The lowest BCUT2D eigenvalue weighted by molar-refractivity contribution is 0.0410. The average Bonchev–Trinajstić information content (AvgIpc) is 2.83. The van der Waals surface area contributed by atoms with Crippen LogP contribution in [0.2, 0.25) is 0 Å². The van der Waals surface area contributed by atoms with Crippen LogP contribution >= 0.6 is 0 Å². The lowest BCUT2D eigenvalue weighted by Gasteiger charge is -2.19. The molecule has 2 aromatic rings. The van der Waals surface area contributed by atoms with Crippen LogP contribution in [0.5, 0.6) is 0 Å². The van der Waals surface area contributed by atoms with E-state index in [4.69, 9.17) is 18.9 Å². The Kier molecular flexibility index (Phi) is 13.4. The Morgan fingerprint density at radius 2 is 1.00 bits per heavy atom. The molecule has 5 nitrogen and oxygen atoms in total. The summed E-state index contributed by atoms with van der Waals surface area (Å²) in [5.74, 6) is 1.32. The predicted octanol–water partition coefficient (Wildman–Crippen LogP) is 6.83. The Labute approximate surface area is 205 Å². The van der Waals surface area contributed by atoms with E-state index in [-0.39, 0.29) is 11.8 Å². The lowest BCUT2D eigenvalue weighted by atomic mass is 9.97. The lowest BCUT2D eigenvalue weighted by Crippen LogP contribution is -2.17. The van der Waals surface area contributed by atoms with Crippen molar-refractivity contribution in [3.63, 3.8) is 0 Å². The molecule has 0 bridgehead atoms. The molecule has 34 heavy (non-hydrogen) atoms. The second-order valence-corrected chi connectivity index (χ2v) is 9.60. The molecular formula is C29H42O5. The van der Waals surface area contributed by atoms with E-state index in [1.54, 1.807) is 0 Å². The number of hydrogen-bond acceptors (Lipinski definition) is 5. The first kappa shape index (κ1) is 27.9. The zero-order chi connectivity index (χ0) is 24.6. The van der Waals surface area contributed by atoms with Gasteiger partial charge in [-0.2, -0.15) is 0 Å². The summed E-state index contributed by atoms with van der Waals surface area (Å²) < 4.78 is 22.5. The molecule has 0 aliphatic heterocycles. The summed E-state index contributed by atoms with van der Waals surface area (Å²) in [5, 5.41) is 0. The van der Waals surface area contributed by atoms with Gasteiger partial charge < -0.3 is 18.9 Å². The van der Waals surface area contributed by atoms with Crippen LogP contribution < -0.4 is 0 Å². The molecule has 0 N–H and O–H groups in total. The highest BCUT2D eigenvalue weighted by Crippen LogP contribution is 2.22. The minimum absolute atomic E-state index is 0.174. The normalized spacial score (nSPS) is 13.1. The van der Waals surface area contributed by atoms with Crippen molar-refractivity contribution in [2.75, 3.05) is 39.6 Å². The first-order valence-electron chi connectivity index (χ1n) is 12.5. The van der Waals surface area contributed by atoms with Crippen molar-refractivity contribution in [3.05, 3.63) is 71.8 Å². The summed E-state index contributed by atoms with van der Waals surface area (Å²) in [4.78, 5) is 12.2. The monoisotopic (exact) mass is 470 g/mol. The van der Waals surface area contributed by atoms with Gasteiger partial charge in [0.05, 0.1) is 26.4 Å². The van der Waals surface area contributed by atoms with Gasteiger partial charge in [-0.05, 0) is 35.8 Å². The standard InChI is InChI=1S/C29H42O5/c1-23(2)19-31-21-27(25-11-7-5-8-12-25)15-17-33-29(30)34-18-16-28(22-32-20-24(3)4)26-13-9-6-10-14-26/h5-14,23-24,27-28H,15-22H2,1-4H3. The van der Waals surface area contributed by atoms with Crippen molar-refractivity contribution < 1.29 is 23.7 Å². The third-order valence-electron chi connectivity index (χ3n) is 5.45. The van der Waals surface area contributed by atoms with Crippen LogP contribution in [0, 0.1) is 11.8 Å². The molecule has 2 atom stereocenters. The van der Waals surface area contributed by atoms with Crippen LogP contribution in [-0.2, 0) is 18.9 Å². The number of carbonyl (C=O) groups is 1. The molecule has 5 heteroatoms. The average molecular weight is 471 g/mol. The molecule has 2 rings (SSSR count). The molecule has 0 spiro atoms. The zero-order valence-corrected chi connectivity index (χ0v) is 21.3. The molecule has 0 aliphatic rings. The van der Waals surface area contributed by atoms with E-state index in [0.29, 0.717) is 51.1 Å². The molecule has 0 radical (unpaired) electrons. The van der Waals surface area contributed by atoms with Gasteiger partial charge in [0.2, 0.25) is 0 Å². The SMILES string of the molecule is CC(C)COCC(CCOC(=O)OCCC(COCC(C)C)c1ccccc1)c1ccccc1. The van der Waals surface area contributed by atoms with Gasteiger partial charge in [0, 0.05) is 25.0 Å². The molecule has 0 aliphatic carbocycles. The van der Waals surface area contributed by atoms with E-state index < -0.39 is 6.16 Å². The number of ether oxygens (including phenoxy) is 4. The Bertz CT molecular complexity index is 710. The maximum atomic E-state index is 12.2. The molecule has 2 unspecified atom stereocenters. The van der Waals surface area contributed by atoms with Gasteiger partial charge in [0.15, 0.2) is 0 Å². The Balaban J connectivity index is 1.76. The Hall–Kier alpha value is -2.37. The van der Waals surface area contributed by atoms with Crippen LogP contribution in [0.25, 0.3) is 0 Å². The highest BCUT2D eigenvalue weighted by molar-refractivity contribution is 5.59. The Morgan fingerprint density at radius 3 is 1.35 bits per heavy atom. The zero-order valence-electron chi connectivity index (χ0n) is 21.3. The maximum absolute atomic E-state index is 12.2. The highest BCUT2D eigenvalue weighted by atomic mass is 16.7. The minimum atomic E-state index is -0.621. The molecule has 0 aromatic heterocycles. The van der Waals surface area contributed by atoms with Crippen LogP contribution in [0.15, 0.2) is 60.7 Å². The second-order valence-electron chi connectivity index (χ2n) is 9.60. The molecule has 0 heterocycles. The largest absolute Gasteiger partial charge is 0.508 e. The van der Waals surface area contributed by atoms with Gasteiger partial charge in [-0.15, -0.1) is 0 Å². The molecule has 0 saturated heterocycles. The van der Waals surface area contributed by atoms with E-state index in [1.165, 1.54) is 11.1 Å². The molecule has 0 amide bonds. The van der Waals surface area contributed by atoms with Gasteiger partial charge >= 0.3 is 6.16 Å². The van der Waals surface area contributed by atoms with Crippen molar-refractivity contribution in [3.8, 4) is 0 Å². The fourth-order valence-corrected chi connectivity index (χ4v) is 3.65. The second kappa shape index (κ2) is 16.3. The number of hydrogen-bond donors (Lipinski definition) is 0. The van der Waals surface area contributed by atoms with Gasteiger partial charge in [0.1, 0.15) is 0 Å². The topological polar surface area (TPSA) is 54.0 Å². The van der Waals surface area contributed by atoms with E-state index in [0.717, 1.165) is 13.2 Å². The van der Waals surface area contributed by atoms with Crippen molar-refractivity contribution >= 4 is 6.16 Å². The first-order valence-corrected chi connectivity index (χ1v) is 12.5. The quantitative estimate of drug-likeness (QED) is 0.252. The van der Waals surface area contributed by atoms with Crippen molar-refractivity contribution in [2.24, 2.45) is 11.8 Å². The van der Waals surface area contributed by atoms with Crippen molar-refractivity contribution in [1.29, 1.82) is 0 Å². The summed E-state index contributed by atoms with van der Waals surface area (Å²) >= 11 is 0. The number of rotatable bonds is 16. The number of carbonyl (C=O) groups excluding carboxylic acids is 1. The molecule has 0 fully saturated rings. The van der Waals surface area contributed by atoms with E-state index in [1.807, 2.05) is 36.4 Å². The van der Waals surface area contributed by atoms with Gasteiger partial charge in [-0.25, -0.2) is 4.79 Å². The molecule has 2 aromatic carbocycles. The summed E-state index contributed by atoms with van der Waals surface area (Å²) in [5.41, 5.74) is 2.38.